The monoisotopic (exact) mass is 647 g/mol. The van der Waals surface area contributed by atoms with Crippen LogP contribution in [0.4, 0.5) is 0 Å². The molecule has 43 heavy (non-hydrogen) atoms. The Kier molecular flexibility index (Phi) is 16.6. The minimum absolute atomic E-state index is 0. The van der Waals surface area contributed by atoms with Crippen molar-refractivity contribution in [2.45, 2.75) is 27.7 Å². The Morgan fingerprint density at radius 1 is 0.558 bits per heavy atom. The van der Waals surface area contributed by atoms with E-state index in [-0.39, 0.29) is 52.5 Å². The van der Waals surface area contributed by atoms with Crippen molar-refractivity contribution in [2.24, 2.45) is 0 Å². The average Bonchev–Trinajstić information content (AvgIpc) is 2.96. The first-order chi connectivity index (χ1) is 19.8. The third kappa shape index (κ3) is 10.9. The van der Waals surface area contributed by atoms with Gasteiger partial charge in [0.1, 0.15) is 22.7 Å². The number of aliphatic hydroxyl groups is 2. The standard InChI is InChI=1S/2C15H16O6.Cu/c2*1-4-21-15(19)12(9(2)16)13(17)10-5-7-11(8-6-10)14(18)20-3;/h2*5-8,17H,4H2,1-3H3;. The molecule has 0 aliphatic heterocycles. The van der Waals surface area contributed by atoms with Gasteiger partial charge in [-0.2, -0.15) is 0 Å². The zero-order valence-corrected chi connectivity index (χ0v) is 25.3. The van der Waals surface area contributed by atoms with Gasteiger partial charge in [0.2, 0.25) is 0 Å². The fourth-order valence-electron chi connectivity index (χ4n) is 3.27. The van der Waals surface area contributed by atoms with Gasteiger partial charge < -0.3 is 29.2 Å². The van der Waals surface area contributed by atoms with Gasteiger partial charge in [-0.3, -0.25) is 9.59 Å². The molecule has 0 saturated heterocycles. The van der Waals surface area contributed by atoms with Gasteiger partial charge >= 0.3 is 23.9 Å². The van der Waals surface area contributed by atoms with Crippen LogP contribution in [0.2, 0.25) is 0 Å². The predicted octanol–water partition coefficient (Wildman–Crippen LogP) is 3.79. The summed E-state index contributed by atoms with van der Waals surface area (Å²) in [6, 6.07) is 11.3. The second kappa shape index (κ2) is 18.6. The van der Waals surface area contributed by atoms with Gasteiger partial charge in [-0.15, -0.1) is 0 Å². The van der Waals surface area contributed by atoms with E-state index < -0.39 is 58.1 Å². The molecule has 0 heterocycles. The number of benzene rings is 2. The van der Waals surface area contributed by atoms with Crippen molar-refractivity contribution in [3.8, 4) is 0 Å². The van der Waals surface area contributed by atoms with Crippen LogP contribution in [0.1, 0.15) is 59.5 Å². The van der Waals surface area contributed by atoms with E-state index >= 15 is 0 Å². The Bertz CT molecular complexity index is 1280. The number of ketones is 2. The predicted molar refractivity (Wildman–Crippen MR) is 149 cm³/mol. The molecule has 0 aliphatic carbocycles. The van der Waals surface area contributed by atoms with E-state index in [0.717, 1.165) is 13.8 Å². The summed E-state index contributed by atoms with van der Waals surface area (Å²) in [5, 5.41) is 20.2. The Morgan fingerprint density at radius 3 is 1.02 bits per heavy atom. The maximum atomic E-state index is 11.7. The zero-order valence-electron chi connectivity index (χ0n) is 24.3. The van der Waals surface area contributed by atoms with Gasteiger partial charge in [0.15, 0.2) is 11.6 Å². The summed E-state index contributed by atoms with van der Waals surface area (Å²) >= 11 is 0. The number of aliphatic hydroxyl groups excluding tert-OH is 2. The van der Waals surface area contributed by atoms with Crippen molar-refractivity contribution in [2.75, 3.05) is 27.4 Å². The van der Waals surface area contributed by atoms with Crippen molar-refractivity contribution < 1.29 is 75.0 Å². The second-order valence-electron chi connectivity index (χ2n) is 8.14. The number of ether oxygens (including phenoxy) is 4. The van der Waals surface area contributed by atoms with Crippen LogP contribution in [-0.2, 0) is 55.2 Å². The summed E-state index contributed by atoms with van der Waals surface area (Å²) in [6.07, 6.45) is 0. The van der Waals surface area contributed by atoms with Crippen LogP contribution in [0.3, 0.4) is 0 Å². The normalized spacial score (nSPS) is 11.1. The molecule has 2 aromatic carbocycles. The summed E-state index contributed by atoms with van der Waals surface area (Å²) in [6.45, 7) is 5.68. The SMILES string of the molecule is CCOC(=O)C(C(C)=O)=C(O)c1ccc(C(=O)OC)cc1.CCOC(=O)C(C(C)=O)=C(O)c1ccc(C(=O)OC)cc1.[Cu]. The molecule has 0 saturated carbocycles. The van der Waals surface area contributed by atoms with Crippen molar-refractivity contribution >= 4 is 47.0 Å². The van der Waals surface area contributed by atoms with Crippen LogP contribution >= 0.6 is 0 Å². The van der Waals surface area contributed by atoms with Crippen LogP contribution in [-0.4, -0.2) is 73.1 Å². The number of Topliss-reactive ketones (excluding diaryl/α,β-unsaturated/α-hetero) is 2. The number of rotatable bonds is 10. The number of hydrogen-bond acceptors (Lipinski definition) is 12. The van der Waals surface area contributed by atoms with Crippen LogP contribution in [0, 0.1) is 0 Å². The van der Waals surface area contributed by atoms with Gasteiger partial charge in [0.25, 0.3) is 0 Å². The smallest absolute Gasteiger partial charge is 0.345 e. The molecule has 2 N–H and O–H groups in total. The van der Waals surface area contributed by atoms with Gasteiger partial charge in [0, 0.05) is 28.2 Å². The molecule has 235 valence electrons. The maximum Gasteiger partial charge on any atom is 0.345 e. The molecule has 0 aromatic heterocycles. The minimum atomic E-state index is -0.889. The van der Waals surface area contributed by atoms with Crippen molar-refractivity contribution in [1.82, 2.24) is 0 Å². The Hall–Kier alpha value is -4.74. The van der Waals surface area contributed by atoms with E-state index in [9.17, 15) is 39.0 Å². The molecule has 12 nitrogen and oxygen atoms in total. The Labute approximate surface area is 258 Å². The number of carbonyl (C=O) groups excluding carboxylic acids is 6. The third-order valence-corrected chi connectivity index (χ3v) is 5.30. The second-order valence-corrected chi connectivity index (χ2v) is 8.14. The molecule has 2 rings (SSSR count). The van der Waals surface area contributed by atoms with Crippen LogP contribution in [0.15, 0.2) is 59.7 Å². The van der Waals surface area contributed by atoms with E-state index in [2.05, 4.69) is 9.47 Å². The van der Waals surface area contributed by atoms with Gasteiger partial charge in [0.05, 0.1) is 38.6 Å². The van der Waals surface area contributed by atoms with E-state index in [4.69, 9.17) is 9.47 Å². The van der Waals surface area contributed by atoms with Gasteiger partial charge in [-0.25, -0.2) is 19.2 Å². The molecular formula is C30H32CuO12. The number of carbonyl (C=O) groups is 6. The van der Waals surface area contributed by atoms with E-state index in [1.165, 1.54) is 62.8 Å². The Morgan fingerprint density at radius 2 is 0.814 bits per heavy atom. The first-order valence-corrected chi connectivity index (χ1v) is 12.4. The van der Waals surface area contributed by atoms with Crippen molar-refractivity contribution in [3.05, 3.63) is 81.9 Å². The maximum absolute atomic E-state index is 11.7. The molecule has 0 fully saturated rings. The molecule has 13 heteroatoms. The average molecular weight is 648 g/mol. The van der Waals surface area contributed by atoms with Crippen LogP contribution in [0.5, 0.6) is 0 Å². The quantitative estimate of drug-likeness (QED) is 0.0726. The van der Waals surface area contributed by atoms with E-state index in [1.54, 1.807) is 13.8 Å². The third-order valence-electron chi connectivity index (χ3n) is 5.30. The topological polar surface area (TPSA) is 180 Å². The van der Waals surface area contributed by atoms with E-state index in [0.29, 0.717) is 0 Å². The number of esters is 4. The molecule has 0 atom stereocenters. The van der Waals surface area contributed by atoms with Gasteiger partial charge in [-0.05, 0) is 52.0 Å². The van der Waals surface area contributed by atoms with Gasteiger partial charge in [-0.1, -0.05) is 24.3 Å². The fraction of sp³-hybridized carbons (Fsp3) is 0.267. The summed E-state index contributed by atoms with van der Waals surface area (Å²) < 4.78 is 18.6. The van der Waals surface area contributed by atoms with E-state index in [1.807, 2.05) is 0 Å². The Balaban J connectivity index is 0.000000802. The zero-order chi connectivity index (χ0) is 32.0. The largest absolute Gasteiger partial charge is 0.506 e. The molecule has 1 radical (unpaired) electrons. The molecule has 0 unspecified atom stereocenters. The molecule has 2 aromatic rings. The first kappa shape index (κ1) is 38.3. The summed E-state index contributed by atoms with van der Waals surface area (Å²) in [7, 11) is 2.50. The molecular weight excluding hydrogens is 616 g/mol. The minimum Gasteiger partial charge on any atom is -0.506 e. The van der Waals surface area contributed by atoms with Crippen molar-refractivity contribution in [1.29, 1.82) is 0 Å². The first-order valence-electron chi connectivity index (χ1n) is 12.4. The summed E-state index contributed by atoms with van der Waals surface area (Å²) in [5.74, 6) is -5.02. The number of hydrogen-bond donors (Lipinski definition) is 2. The van der Waals surface area contributed by atoms with Crippen LogP contribution < -0.4 is 0 Å². The van der Waals surface area contributed by atoms with Crippen LogP contribution in [0.25, 0.3) is 11.5 Å². The molecule has 0 amide bonds. The molecule has 0 aliphatic rings. The van der Waals surface area contributed by atoms with Crippen molar-refractivity contribution in [3.63, 3.8) is 0 Å². The molecule has 0 bridgehead atoms. The summed E-state index contributed by atoms with van der Waals surface area (Å²) in [5.41, 5.74) is 0.163. The number of methoxy groups -OCH3 is 2. The summed E-state index contributed by atoms with van der Waals surface area (Å²) in [4.78, 5) is 69.0. The molecule has 0 spiro atoms. The fourth-order valence-corrected chi connectivity index (χ4v) is 3.27.